The van der Waals surface area contributed by atoms with Crippen molar-refractivity contribution < 1.29 is 13.6 Å². The van der Waals surface area contributed by atoms with E-state index in [1.54, 1.807) is 24.3 Å². The Balaban J connectivity index is 2.25. The highest BCUT2D eigenvalue weighted by atomic mass is 79.9. The van der Waals surface area contributed by atoms with Crippen LogP contribution in [0.25, 0.3) is 16.9 Å². The molecular formula is C16H8BrClF2N2O. The largest absolute Gasteiger partial charge is 0.298 e. The number of rotatable bonds is 3. The van der Waals surface area contributed by atoms with E-state index < -0.39 is 11.6 Å². The molecule has 3 rings (SSSR count). The molecule has 2 aromatic carbocycles. The van der Waals surface area contributed by atoms with E-state index in [0.29, 0.717) is 21.6 Å². The van der Waals surface area contributed by atoms with Crippen molar-refractivity contribution in [2.45, 2.75) is 0 Å². The van der Waals surface area contributed by atoms with Gasteiger partial charge in [0.05, 0.1) is 16.3 Å². The Hall–Kier alpha value is -2.05. The maximum atomic E-state index is 13.4. The average Bonchev–Trinajstić information content (AvgIpc) is 2.83. The standard InChI is InChI=1S/C16H8BrClF2N2O/c17-16-12(8-23)15(9-5-10(19)7-11(20)6-9)21-22(16)14-4-2-1-3-13(14)18/h1-8H. The first-order valence-corrected chi connectivity index (χ1v) is 7.63. The maximum Gasteiger partial charge on any atom is 0.155 e. The zero-order valence-electron chi connectivity index (χ0n) is 11.4. The van der Waals surface area contributed by atoms with Crippen LogP contribution in [0.3, 0.4) is 0 Å². The molecule has 0 amide bonds. The molecule has 0 aliphatic heterocycles. The maximum absolute atomic E-state index is 13.4. The van der Waals surface area contributed by atoms with Crippen molar-refractivity contribution in [3.8, 4) is 16.9 Å². The predicted octanol–water partition coefficient (Wildman–Crippen LogP) is 5.05. The molecule has 0 N–H and O–H groups in total. The van der Waals surface area contributed by atoms with Gasteiger partial charge in [-0.2, -0.15) is 5.10 Å². The lowest BCUT2D eigenvalue weighted by molar-refractivity contribution is 0.112. The van der Waals surface area contributed by atoms with Crippen LogP contribution in [0.5, 0.6) is 0 Å². The number of aromatic nitrogens is 2. The Kier molecular flexibility index (Phi) is 4.28. The van der Waals surface area contributed by atoms with E-state index in [2.05, 4.69) is 21.0 Å². The van der Waals surface area contributed by atoms with Crippen LogP contribution in [0.2, 0.25) is 5.02 Å². The van der Waals surface area contributed by atoms with Crippen molar-refractivity contribution >= 4 is 33.8 Å². The summed E-state index contributed by atoms with van der Waals surface area (Å²) in [6, 6.07) is 9.88. The molecule has 1 heterocycles. The second kappa shape index (κ2) is 6.22. The minimum atomic E-state index is -0.750. The van der Waals surface area contributed by atoms with Crippen LogP contribution in [0.4, 0.5) is 8.78 Å². The van der Waals surface area contributed by atoms with Crippen molar-refractivity contribution in [2.24, 2.45) is 0 Å². The van der Waals surface area contributed by atoms with Gasteiger partial charge in [0.2, 0.25) is 0 Å². The second-order valence-corrected chi connectivity index (χ2v) is 5.85. The number of nitrogens with zero attached hydrogens (tertiary/aromatic N) is 2. The van der Waals surface area contributed by atoms with Crippen LogP contribution in [0.1, 0.15) is 10.4 Å². The van der Waals surface area contributed by atoms with Gasteiger partial charge in [0.1, 0.15) is 21.9 Å². The lowest BCUT2D eigenvalue weighted by Crippen LogP contribution is -1.98. The van der Waals surface area contributed by atoms with Gasteiger partial charge in [-0.25, -0.2) is 13.5 Å². The number of halogens is 4. The van der Waals surface area contributed by atoms with E-state index >= 15 is 0 Å². The van der Waals surface area contributed by atoms with E-state index in [1.807, 2.05) is 0 Å². The smallest absolute Gasteiger partial charge is 0.155 e. The van der Waals surface area contributed by atoms with Crippen molar-refractivity contribution in [1.29, 1.82) is 0 Å². The minimum absolute atomic E-state index is 0.158. The van der Waals surface area contributed by atoms with Crippen molar-refractivity contribution in [3.63, 3.8) is 0 Å². The first-order chi connectivity index (χ1) is 11.0. The van der Waals surface area contributed by atoms with Crippen LogP contribution in [0, 0.1) is 11.6 Å². The summed E-state index contributed by atoms with van der Waals surface area (Å²) in [6.07, 6.45) is 0.572. The van der Waals surface area contributed by atoms with Gasteiger partial charge in [0.25, 0.3) is 0 Å². The topological polar surface area (TPSA) is 34.9 Å². The minimum Gasteiger partial charge on any atom is -0.298 e. The van der Waals surface area contributed by atoms with Crippen molar-refractivity contribution in [3.05, 3.63) is 69.3 Å². The molecule has 0 spiro atoms. The Bertz CT molecular complexity index is 891. The van der Waals surface area contributed by atoms with E-state index in [-0.39, 0.29) is 16.8 Å². The summed E-state index contributed by atoms with van der Waals surface area (Å²) in [5.41, 5.74) is 1.03. The fourth-order valence-corrected chi connectivity index (χ4v) is 2.97. The van der Waals surface area contributed by atoms with Crippen LogP contribution in [-0.4, -0.2) is 16.1 Å². The fourth-order valence-electron chi connectivity index (χ4n) is 2.20. The van der Waals surface area contributed by atoms with Crippen LogP contribution in [0.15, 0.2) is 47.1 Å². The third-order valence-corrected chi connectivity index (χ3v) is 4.28. The highest BCUT2D eigenvalue weighted by molar-refractivity contribution is 9.10. The van der Waals surface area contributed by atoms with Gasteiger partial charge in [-0.3, -0.25) is 4.79 Å². The number of aldehydes is 1. The molecule has 0 bridgehead atoms. The van der Waals surface area contributed by atoms with E-state index in [0.717, 1.165) is 18.2 Å². The Morgan fingerprint density at radius 1 is 1.13 bits per heavy atom. The fraction of sp³-hybridized carbons (Fsp3) is 0. The molecule has 1 aromatic heterocycles. The van der Waals surface area contributed by atoms with Crippen LogP contribution in [-0.2, 0) is 0 Å². The summed E-state index contributed by atoms with van der Waals surface area (Å²) >= 11 is 9.43. The van der Waals surface area contributed by atoms with Crippen LogP contribution >= 0.6 is 27.5 Å². The number of hydrogen-bond acceptors (Lipinski definition) is 2. The third kappa shape index (κ3) is 2.92. The summed E-state index contributed by atoms with van der Waals surface area (Å²) in [5.74, 6) is -1.50. The molecule has 116 valence electrons. The molecule has 0 atom stereocenters. The summed E-state index contributed by atoms with van der Waals surface area (Å²) in [5, 5.41) is 4.71. The summed E-state index contributed by atoms with van der Waals surface area (Å²) in [7, 11) is 0. The number of benzene rings is 2. The number of carbonyl (C=O) groups is 1. The zero-order valence-corrected chi connectivity index (χ0v) is 13.8. The molecular weight excluding hydrogens is 390 g/mol. The van der Waals surface area contributed by atoms with Gasteiger partial charge < -0.3 is 0 Å². The molecule has 3 nitrogen and oxygen atoms in total. The second-order valence-electron chi connectivity index (χ2n) is 4.69. The number of para-hydroxylation sites is 1. The monoisotopic (exact) mass is 396 g/mol. The van der Waals surface area contributed by atoms with E-state index in [1.165, 1.54) is 4.68 Å². The quantitative estimate of drug-likeness (QED) is 0.580. The SMILES string of the molecule is O=Cc1c(-c2cc(F)cc(F)c2)nn(-c2ccccc2Cl)c1Br. The lowest BCUT2D eigenvalue weighted by atomic mass is 10.1. The third-order valence-electron chi connectivity index (χ3n) is 3.20. The molecule has 0 aliphatic rings. The molecule has 0 saturated heterocycles. The molecule has 23 heavy (non-hydrogen) atoms. The normalized spacial score (nSPS) is 10.8. The Morgan fingerprint density at radius 2 is 1.78 bits per heavy atom. The number of carbonyl (C=O) groups excluding carboxylic acids is 1. The average molecular weight is 398 g/mol. The van der Waals surface area contributed by atoms with Gasteiger partial charge >= 0.3 is 0 Å². The van der Waals surface area contributed by atoms with Crippen molar-refractivity contribution in [2.75, 3.05) is 0 Å². The van der Waals surface area contributed by atoms with Crippen LogP contribution < -0.4 is 0 Å². The van der Waals surface area contributed by atoms with Gasteiger partial charge in [0.15, 0.2) is 6.29 Å². The predicted molar refractivity (Wildman–Crippen MR) is 87.0 cm³/mol. The summed E-state index contributed by atoms with van der Waals surface area (Å²) in [6.45, 7) is 0. The van der Waals surface area contributed by atoms with E-state index in [4.69, 9.17) is 11.6 Å². The highest BCUT2D eigenvalue weighted by Gasteiger charge is 2.20. The first kappa shape index (κ1) is 15.8. The van der Waals surface area contributed by atoms with E-state index in [9.17, 15) is 13.6 Å². The summed E-state index contributed by atoms with van der Waals surface area (Å²) < 4.78 is 28.7. The van der Waals surface area contributed by atoms with Gasteiger partial charge in [-0.05, 0) is 40.2 Å². The highest BCUT2D eigenvalue weighted by Crippen LogP contribution is 2.32. The van der Waals surface area contributed by atoms with Gasteiger partial charge in [0, 0.05) is 11.6 Å². The first-order valence-electron chi connectivity index (χ1n) is 6.46. The molecule has 3 aromatic rings. The van der Waals surface area contributed by atoms with Gasteiger partial charge in [-0.15, -0.1) is 0 Å². The molecule has 7 heteroatoms. The lowest BCUT2D eigenvalue weighted by Gasteiger charge is -2.05. The Labute approximate surface area is 143 Å². The molecule has 0 fully saturated rings. The zero-order chi connectivity index (χ0) is 16.6. The number of hydrogen-bond donors (Lipinski definition) is 0. The van der Waals surface area contributed by atoms with Crippen molar-refractivity contribution in [1.82, 2.24) is 9.78 Å². The molecule has 0 radical (unpaired) electrons. The molecule has 0 saturated carbocycles. The Morgan fingerprint density at radius 3 is 2.39 bits per heavy atom. The summed E-state index contributed by atoms with van der Waals surface area (Å²) in [4.78, 5) is 11.4. The molecule has 0 unspecified atom stereocenters. The molecule has 0 aliphatic carbocycles. The van der Waals surface area contributed by atoms with Gasteiger partial charge in [-0.1, -0.05) is 23.7 Å².